The van der Waals surface area contributed by atoms with Crippen LogP contribution < -0.4 is 10.1 Å². The molecule has 1 heterocycles. The summed E-state index contributed by atoms with van der Waals surface area (Å²) in [4.78, 5) is 4.19. The molecule has 1 atom stereocenters. The Bertz CT molecular complexity index is 366. The molecule has 0 fully saturated rings. The number of nitrogens with one attached hydrogen (secondary N) is 1. The van der Waals surface area contributed by atoms with Crippen molar-refractivity contribution in [3.8, 4) is 5.48 Å². The van der Waals surface area contributed by atoms with E-state index in [9.17, 15) is 0 Å². The van der Waals surface area contributed by atoms with Crippen LogP contribution in [0.25, 0.3) is 6.08 Å². The van der Waals surface area contributed by atoms with E-state index in [2.05, 4.69) is 29.4 Å². The molecule has 0 aliphatic rings. The molecule has 4 heteroatoms. The fraction of sp³-hybridized carbons (Fsp3) is 0.538. The van der Waals surface area contributed by atoms with Crippen LogP contribution in [0.5, 0.6) is 5.48 Å². The Hall–Kier alpha value is -0.920. The number of rotatable bonds is 6. The zero-order valence-electron chi connectivity index (χ0n) is 11.0. The monoisotopic (exact) mass is 252 g/mol. The highest BCUT2D eigenvalue weighted by molar-refractivity contribution is 7.34. The summed E-state index contributed by atoms with van der Waals surface area (Å²) >= 11 is 0. The highest BCUT2D eigenvalue weighted by atomic mass is 31.0. The summed E-state index contributed by atoms with van der Waals surface area (Å²) in [6, 6.07) is 0.506. The summed E-state index contributed by atoms with van der Waals surface area (Å²) in [5.74, 6) is 0. The number of hydrogen-bond acceptors (Lipinski definition) is 3. The Morgan fingerprint density at radius 3 is 2.82 bits per heavy atom. The van der Waals surface area contributed by atoms with Crippen LogP contribution in [0.15, 0.2) is 18.5 Å². The van der Waals surface area contributed by atoms with E-state index in [0.29, 0.717) is 6.04 Å². The second-order valence-electron chi connectivity index (χ2n) is 4.28. The van der Waals surface area contributed by atoms with E-state index in [-0.39, 0.29) is 6.10 Å². The molecule has 1 N–H and O–H groups in total. The molecular weight excluding hydrogens is 231 g/mol. The second kappa shape index (κ2) is 7.41. The van der Waals surface area contributed by atoms with Crippen LogP contribution in [0.1, 0.15) is 32.5 Å². The summed E-state index contributed by atoms with van der Waals surface area (Å²) in [6.07, 6.45) is 9.19. The molecule has 0 aliphatic heterocycles. The Morgan fingerprint density at radius 1 is 1.41 bits per heavy atom. The van der Waals surface area contributed by atoms with Gasteiger partial charge in [0.1, 0.15) is 0 Å². The number of hydrogen-bond donors (Lipinski definition) is 1. The van der Waals surface area contributed by atoms with E-state index < -0.39 is 0 Å². The van der Waals surface area contributed by atoms with Crippen LogP contribution in [0, 0.1) is 0 Å². The first-order chi connectivity index (χ1) is 8.11. The first kappa shape index (κ1) is 14.1. The maximum atomic E-state index is 5.64. The molecule has 17 heavy (non-hydrogen) atoms. The van der Waals surface area contributed by atoms with Crippen molar-refractivity contribution in [3.63, 3.8) is 0 Å². The molecule has 3 nitrogen and oxygen atoms in total. The van der Waals surface area contributed by atoms with Gasteiger partial charge >= 0.3 is 0 Å². The molecule has 0 bridgehead atoms. The van der Waals surface area contributed by atoms with Crippen molar-refractivity contribution in [2.45, 2.75) is 39.3 Å². The van der Waals surface area contributed by atoms with E-state index >= 15 is 0 Å². The molecule has 0 saturated heterocycles. The smallest absolute Gasteiger partial charge is 0.164 e. The van der Waals surface area contributed by atoms with Crippen LogP contribution in [0.4, 0.5) is 0 Å². The van der Waals surface area contributed by atoms with Crippen molar-refractivity contribution in [2.24, 2.45) is 0 Å². The van der Waals surface area contributed by atoms with Crippen molar-refractivity contribution in [1.29, 1.82) is 0 Å². The zero-order valence-corrected chi connectivity index (χ0v) is 11.9. The van der Waals surface area contributed by atoms with E-state index in [1.54, 1.807) is 6.20 Å². The van der Waals surface area contributed by atoms with Crippen LogP contribution in [-0.4, -0.2) is 24.2 Å². The van der Waals surface area contributed by atoms with Crippen molar-refractivity contribution >= 4 is 14.3 Å². The summed E-state index contributed by atoms with van der Waals surface area (Å²) in [6.45, 7) is 6.21. The molecule has 1 rings (SSSR count). The first-order valence-electron chi connectivity index (χ1n) is 5.94. The zero-order chi connectivity index (χ0) is 12.7. The van der Waals surface area contributed by atoms with Gasteiger partial charge in [0.05, 0.1) is 12.3 Å². The quantitative estimate of drug-likeness (QED) is 0.841. The predicted octanol–water partition coefficient (Wildman–Crippen LogP) is 3.46. The molecule has 1 unspecified atom stereocenters. The topological polar surface area (TPSA) is 34.2 Å². The minimum absolute atomic E-state index is 0.205. The molecule has 1 aromatic rings. The molecule has 0 spiro atoms. The van der Waals surface area contributed by atoms with Gasteiger partial charge in [-0.15, -0.1) is 0 Å². The highest BCUT2D eigenvalue weighted by Gasteiger charge is 1.99. The maximum Gasteiger partial charge on any atom is 0.164 e. The minimum atomic E-state index is 0.205. The molecule has 0 aliphatic carbocycles. The predicted molar refractivity (Wildman–Crippen MR) is 74.7 cm³/mol. The lowest BCUT2D eigenvalue weighted by molar-refractivity contribution is 0.249. The third-order valence-electron chi connectivity index (χ3n) is 2.26. The Morgan fingerprint density at radius 2 is 2.18 bits per heavy atom. The number of ether oxygens (including phenoxy) is 1. The van der Waals surface area contributed by atoms with Gasteiger partial charge in [-0.1, -0.05) is 12.2 Å². The molecule has 0 radical (unpaired) electrons. The SMILES string of the molecule is CNC(C)C/C=C/c1cncc(OC(C)C)p1. The normalized spacial score (nSPS) is 13.7. The molecule has 0 aromatic carbocycles. The molecule has 0 amide bonds. The van der Waals surface area contributed by atoms with E-state index in [4.69, 9.17) is 4.74 Å². The summed E-state index contributed by atoms with van der Waals surface area (Å²) in [5, 5.41) is 4.38. The standard InChI is InChI=1S/C13H21N2OP/c1-10(2)16-13-9-15-8-12(17-13)7-5-6-11(3)14-4/h5,7-11,14H,6H2,1-4H3/b7-5+. The van der Waals surface area contributed by atoms with E-state index in [1.165, 1.54) is 5.30 Å². The molecule has 94 valence electrons. The Balaban J connectivity index is 2.59. The van der Waals surface area contributed by atoms with Crippen molar-refractivity contribution in [1.82, 2.24) is 10.3 Å². The summed E-state index contributed by atoms with van der Waals surface area (Å²) < 4.78 is 5.64. The lowest BCUT2D eigenvalue weighted by Gasteiger charge is -2.08. The van der Waals surface area contributed by atoms with E-state index in [0.717, 1.165) is 20.1 Å². The van der Waals surface area contributed by atoms with Gasteiger partial charge in [0.15, 0.2) is 5.48 Å². The minimum Gasteiger partial charge on any atom is -0.485 e. The fourth-order valence-corrected chi connectivity index (χ4v) is 2.20. The van der Waals surface area contributed by atoms with Crippen LogP contribution in [0.2, 0.25) is 0 Å². The van der Waals surface area contributed by atoms with Gasteiger partial charge in [-0.3, -0.25) is 4.98 Å². The average molecular weight is 252 g/mol. The largest absolute Gasteiger partial charge is 0.485 e. The van der Waals surface area contributed by atoms with Gasteiger partial charge in [0, 0.05) is 17.5 Å². The van der Waals surface area contributed by atoms with Crippen LogP contribution >= 0.6 is 8.19 Å². The van der Waals surface area contributed by atoms with Gasteiger partial charge in [-0.2, -0.15) is 0 Å². The van der Waals surface area contributed by atoms with E-state index in [1.807, 2.05) is 27.1 Å². The van der Waals surface area contributed by atoms with Gasteiger partial charge in [-0.25, -0.2) is 0 Å². The Labute approximate surface area is 105 Å². The number of nitrogens with zero attached hydrogens (tertiary/aromatic N) is 1. The summed E-state index contributed by atoms with van der Waals surface area (Å²) in [5.41, 5.74) is 0.920. The highest BCUT2D eigenvalue weighted by Crippen LogP contribution is 2.28. The lowest BCUT2D eigenvalue weighted by Crippen LogP contribution is -2.19. The van der Waals surface area contributed by atoms with Crippen molar-refractivity contribution in [2.75, 3.05) is 7.05 Å². The van der Waals surface area contributed by atoms with Crippen LogP contribution in [-0.2, 0) is 0 Å². The van der Waals surface area contributed by atoms with Crippen molar-refractivity contribution < 1.29 is 4.74 Å². The van der Waals surface area contributed by atoms with Gasteiger partial charge in [0.25, 0.3) is 0 Å². The Kier molecular flexibility index (Phi) is 6.17. The summed E-state index contributed by atoms with van der Waals surface area (Å²) in [7, 11) is 3.07. The van der Waals surface area contributed by atoms with Gasteiger partial charge < -0.3 is 10.1 Å². The molecule has 0 saturated carbocycles. The third-order valence-corrected chi connectivity index (χ3v) is 3.22. The fourth-order valence-electron chi connectivity index (χ4n) is 1.25. The van der Waals surface area contributed by atoms with Crippen molar-refractivity contribution in [3.05, 3.63) is 23.8 Å². The maximum absolute atomic E-state index is 5.64. The lowest BCUT2D eigenvalue weighted by atomic mass is 10.2. The first-order valence-corrected chi connectivity index (χ1v) is 6.83. The van der Waals surface area contributed by atoms with Gasteiger partial charge in [-0.05, 0) is 42.4 Å². The molecular formula is C13H21N2OP. The van der Waals surface area contributed by atoms with Crippen LogP contribution in [0.3, 0.4) is 0 Å². The van der Waals surface area contributed by atoms with Gasteiger partial charge in [0.2, 0.25) is 0 Å². The second-order valence-corrected chi connectivity index (χ2v) is 5.46. The average Bonchev–Trinajstić information content (AvgIpc) is 2.28. The third kappa shape index (κ3) is 5.81. The number of aromatic nitrogens is 1. The molecule has 1 aromatic heterocycles.